The number of ether oxygens (including phenoxy) is 5. The number of benzene rings is 1. The molecule has 2 aromatic rings. The second-order valence-corrected chi connectivity index (χ2v) is 18.4. The summed E-state index contributed by atoms with van der Waals surface area (Å²) in [4.78, 5) is 54.0. The molecule has 0 spiro atoms. The zero-order chi connectivity index (χ0) is 51.9. The molecule has 2 N–H and O–H groups in total. The number of esters is 2. The molecule has 0 aliphatic carbocycles. The third-order valence-electron chi connectivity index (χ3n) is 11.6. The minimum atomic E-state index is -1.04. The normalized spacial score (nSPS) is 12.3. The van der Waals surface area contributed by atoms with Gasteiger partial charge in [0.05, 0.1) is 82.1 Å². The molecule has 0 radical (unpaired) electrons. The lowest BCUT2D eigenvalue weighted by Gasteiger charge is -2.25. The average Bonchev–Trinajstić information content (AvgIpc) is 3.67. The smallest absolute Gasteiger partial charge is 0.307 e. The molecule has 1 heterocycles. The monoisotopic (exact) mass is 1010 g/mol. The van der Waals surface area contributed by atoms with Crippen molar-refractivity contribution in [1.82, 2.24) is 0 Å². The fourth-order valence-corrected chi connectivity index (χ4v) is 8.19. The predicted octanol–water partition coefficient (Wildman–Crippen LogP) is 12.7. The van der Waals surface area contributed by atoms with E-state index in [1.54, 1.807) is 6.92 Å². The summed E-state index contributed by atoms with van der Waals surface area (Å²) in [5, 5.41) is 38.4. The van der Waals surface area contributed by atoms with Crippen LogP contribution in [0, 0.1) is 43.6 Å². The standard InChI is InChI=1S/C54H79N5O11S/c1-6-8-10-12-14-16-17-19-21-23-25-44(53(62)63)39-49(60)69-36-34-67-31-29-59(46-26-27-48(42(3)38-46)57-58-52-47(41-55)43(4)51(56-5)71-52)28-30-66-32-33-68-35-37-70-50(61)40-45(54(64)65)24-22-20-18-15-13-11-9-7-2/h20-23,26-27,38,44-45H,6-19,24-25,28-37,39-40H2,1-4H3,(H,62,63)(H,64,65)/b22-20+,23-21+,58-57?. The van der Waals surface area contributed by atoms with Crippen molar-refractivity contribution in [3.05, 3.63) is 70.6 Å². The van der Waals surface area contributed by atoms with E-state index >= 15 is 0 Å². The van der Waals surface area contributed by atoms with Gasteiger partial charge in [0, 0.05) is 18.8 Å². The van der Waals surface area contributed by atoms with Gasteiger partial charge >= 0.3 is 23.9 Å². The van der Waals surface area contributed by atoms with Crippen LogP contribution in [0.1, 0.15) is 146 Å². The number of carboxylic acid groups (broad SMARTS) is 2. The van der Waals surface area contributed by atoms with E-state index in [4.69, 9.17) is 30.3 Å². The van der Waals surface area contributed by atoms with E-state index in [2.05, 4.69) is 39.9 Å². The second-order valence-electron chi connectivity index (χ2n) is 17.4. The molecule has 0 aliphatic rings. The molecule has 0 saturated heterocycles. The summed E-state index contributed by atoms with van der Waals surface area (Å²) in [5.41, 5.74) is 3.18. The molecule has 17 heteroatoms. The number of aryl methyl sites for hydroxylation is 1. The van der Waals surface area contributed by atoms with Crippen LogP contribution in [0.3, 0.4) is 0 Å². The van der Waals surface area contributed by atoms with Crippen molar-refractivity contribution in [2.45, 2.75) is 143 Å². The fourth-order valence-electron chi connectivity index (χ4n) is 7.32. The van der Waals surface area contributed by atoms with Crippen LogP contribution in [0.4, 0.5) is 21.4 Å². The summed E-state index contributed by atoms with van der Waals surface area (Å²) < 4.78 is 27.8. The van der Waals surface area contributed by atoms with Gasteiger partial charge in [0.1, 0.15) is 24.3 Å². The number of carboxylic acids is 2. The van der Waals surface area contributed by atoms with E-state index in [0.717, 1.165) is 61.1 Å². The summed E-state index contributed by atoms with van der Waals surface area (Å²) in [6, 6.07) is 7.77. The minimum Gasteiger partial charge on any atom is -0.481 e. The van der Waals surface area contributed by atoms with Gasteiger partial charge in [-0.25, -0.2) is 4.85 Å². The number of nitrogens with zero attached hydrogens (tertiary/aromatic N) is 5. The van der Waals surface area contributed by atoms with E-state index < -0.39 is 35.7 Å². The van der Waals surface area contributed by atoms with Crippen LogP contribution < -0.4 is 4.90 Å². The third-order valence-corrected chi connectivity index (χ3v) is 12.7. The molecule has 0 bridgehead atoms. The quantitative estimate of drug-likeness (QED) is 0.0209. The molecule has 0 amide bonds. The number of thiophene rings is 1. The summed E-state index contributed by atoms with van der Waals surface area (Å²) >= 11 is 1.12. The number of nitriles is 1. The number of unbranched alkanes of at least 4 members (excludes halogenated alkanes) is 12. The van der Waals surface area contributed by atoms with Crippen LogP contribution in [0.2, 0.25) is 0 Å². The highest BCUT2D eigenvalue weighted by molar-refractivity contribution is 7.20. The van der Waals surface area contributed by atoms with Crippen LogP contribution in [-0.4, -0.2) is 100 Å². The molecule has 16 nitrogen and oxygen atoms in total. The number of allylic oxidation sites excluding steroid dienone is 4. The molecule has 1 aromatic heterocycles. The maximum atomic E-state index is 12.5. The number of aliphatic carboxylic acids is 2. The topological polar surface area (TPSA) is 211 Å². The van der Waals surface area contributed by atoms with Crippen LogP contribution >= 0.6 is 11.3 Å². The van der Waals surface area contributed by atoms with Crippen molar-refractivity contribution in [2.75, 3.05) is 70.8 Å². The molecule has 392 valence electrons. The van der Waals surface area contributed by atoms with Gasteiger partial charge < -0.3 is 38.8 Å². The molecular formula is C54H79N5O11S. The Morgan fingerprint density at radius 1 is 0.704 bits per heavy atom. The summed E-state index contributed by atoms with van der Waals surface area (Å²) in [6.07, 6.45) is 23.9. The lowest BCUT2D eigenvalue weighted by Crippen LogP contribution is -2.31. The molecule has 2 atom stereocenters. The molecule has 0 saturated carbocycles. The van der Waals surface area contributed by atoms with Crippen molar-refractivity contribution < 1.29 is 53.1 Å². The first-order valence-electron chi connectivity index (χ1n) is 25.4. The number of anilines is 1. The van der Waals surface area contributed by atoms with Gasteiger partial charge in [-0.3, -0.25) is 19.2 Å². The van der Waals surface area contributed by atoms with Crippen molar-refractivity contribution in [3.63, 3.8) is 0 Å². The van der Waals surface area contributed by atoms with E-state index in [-0.39, 0.29) is 71.9 Å². The Labute approximate surface area is 426 Å². The number of rotatable bonds is 42. The van der Waals surface area contributed by atoms with Gasteiger partial charge in [-0.2, -0.15) is 5.26 Å². The molecular weight excluding hydrogens is 927 g/mol. The van der Waals surface area contributed by atoms with Crippen LogP contribution in [0.5, 0.6) is 0 Å². The highest BCUT2D eigenvalue weighted by Gasteiger charge is 2.22. The molecule has 1 aromatic carbocycles. The zero-order valence-electron chi connectivity index (χ0n) is 42.7. The first-order chi connectivity index (χ1) is 34.4. The third kappa shape index (κ3) is 27.7. The van der Waals surface area contributed by atoms with Gasteiger partial charge in [0.25, 0.3) is 0 Å². The van der Waals surface area contributed by atoms with Crippen molar-refractivity contribution in [2.24, 2.45) is 22.1 Å². The van der Waals surface area contributed by atoms with Crippen molar-refractivity contribution in [3.8, 4) is 6.07 Å². The number of hydrogen-bond donors (Lipinski definition) is 2. The van der Waals surface area contributed by atoms with Gasteiger partial charge in [-0.05, 0) is 81.7 Å². The highest BCUT2D eigenvalue weighted by Crippen LogP contribution is 2.41. The number of carbonyl (C=O) groups excluding carboxylic acids is 2. The van der Waals surface area contributed by atoms with E-state index in [9.17, 15) is 34.7 Å². The number of carbonyl (C=O) groups is 4. The average molecular weight is 1010 g/mol. The van der Waals surface area contributed by atoms with Crippen molar-refractivity contribution >= 4 is 56.6 Å². The van der Waals surface area contributed by atoms with Gasteiger partial charge in [-0.1, -0.05) is 102 Å². The Hall–Kier alpha value is -5.46. The largest absolute Gasteiger partial charge is 0.481 e. The van der Waals surface area contributed by atoms with Gasteiger partial charge in [-0.15, -0.1) is 21.6 Å². The first kappa shape index (κ1) is 61.7. The molecule has 71 heavy (non-hydrogen) atoms. The first-order valence-corrected chi connectivity index (χ1v) is 26.2. The van der Waals surface area contributed by atoms with Crippen LogP contribution in [-0.2, 0) is 42.9 Å². The van der Waals surface area contributed by atoms with E-state index in [0.29, 0.717) is 46.5 Å². The Bertz CT molecular complexity index is 2040. The Kier molecular flexibility index (Phi) is 34.0. The molecule has 2 unspecified atom stereocenters. The van der Waals surface area contributed by atoms with Crippen LogP contribution in [0.25, 0.3) is 4.85 Å². The Balaban J connectivity index is 1.86. The molecule has 0 aliphatic heterocycles. The summed E-state index contributed by atoms with van der Waals surface area (Å²) in [5.74, 6) is -4.94. The fraction of sp³-hybridized carbons (Fsp3) is 0.630. The summed E-state index contributed by atoms with van der Waals surface area (Å²) in [6.45, 7) is 17.7. The maximum Gasteiger partial charge on any atom is 0.307 e. The predicted molar refractivity (Wildman–Crippen MR) is 277 cm³/mol. The SMILES string of the molecule is [C-]#[N+]c1sc(N=Nc2ccc(N(CCOCCOCCOC(=O)CC(C/C=C/CCCCCCC)C(=O)O)CCOCCOC(=O)CC(C/C=C/CCCCCCCCC)C(=O)O)cc2C)c(C#N)c1C. The Morgan fingerprint density at radius 3 is 1.65 bits per heavy atom. The van der Waals surface area contributed by atoms with Gasteiger partial charge in [0.15, 0.2) is 0 Å². The van der Waals surface area contributed by atoms with E-state index in [1.807, 2.05) is 49.4 Å². The summed E-state index contributed by atoms with van der Waals surface area (Å²) in [7, 11) is 0. The lowest BCUT2D eigenvalue weighted by atomic mass is 10.0. The highest BCUT2D eigenvalue weighted by atomic mass is 32.1. The van der Waals surface area contributed by atoms with E-state index in [1.165, 1.54) is 51.4 Å². The number of azo groups is 1. The van der Waals surface area contributed by atoms with Crippen LogP contribution in [0.15, 0.2) is 52.7 Å². The maximum absolute atomic E-state index is 12.5. The minimum absolute atomic E-state index is 0.00493. The van der Waals surface area contributed by atoms with Gasteiger partial charge in [0.2, 0.25) is 5.00 Å². The molecule has 2 rings (SSSR count). The number of hydrogen-bond acceptors (Lipinski definition) is 14. The Morgan fingerprint density at radius 2 is 1.18 bits per heavy atom. The molecule has 0 fully saturated rings. The zero-order valence-corrected chi connectivity index (χ0v) is 43.5. The lowest BCUT2D eigenvalue weighted by molar-refractivity contribution is -0.152. The van der Waals surface area contributed by atoms with Crippen molar-refractivity contribution in [1.29, 1.82) is 5.26 Å². The second kappa shape index (κ2) is 39.2.